The number of carboxylic acids is 1. The van der Waals surface area contributed by atoms with Crippen LogP contribution >= 0.6 is 0 Å². The van der Waals surface area contributed by atoms with E-state index in [0.29, 0.717) is 0 Å². The first-order valence-electron chi connectivity index (χ1n) is 7.16. The maximum atomic E-state index is 13.5. The molecular formula is C15H19FN2O3. The number of carbonyl (C=O) groups is 2. The van der Waals surface area contributed by atoms with Crippen molar-refractivity contribution in [3.8, 4) is 0 Å². The summed E-state index contributed by atoms with van der Waals surface area (Å²) in [5.74, 6) is -2.20. The van der Waals surface area contributed by atoms with E-state index in [1.807, 2.05) is 0 Å². The predicted octanol–water partition coefficient (Wildman–Crippen LogP) is 3.37. The van der Waals surface area contributed by atoms with Crippen molar-refractivity contribution in [3.05, 3.63) is 29.6 Å². The van der Waals surface area contributed by atoms with Crippen LogP contribution in [0.5, 0.6) is 0 Å². The second-order valence-corrected chi connectivity index (χ2v) is 5.29. The van der Waals surface area contributed by atoms with E-state index in [0.717, 1.165) is 37.8 Å². The maximum Gasteiger partial charge on any atom is 0.338 e. The van der Waals surface area contributed by atoms with E-state index >= 15 is 0 Å². The standard InChI is InChI=1S/C15H19FN2O3/c16-13-9-11(7-8-12(13)14(19)20)18-15(21)17-10-5-3-1-2-4-6-10/h7-10H,1-6H2,(H,19,20)(H2,17,18,21). The van der Waals surface area contributed by atoms with Gasteiger partial charge in [0.15, 0.2) is 0 Å². The third kappa shape index (κ3) is 4.44. The van der Waals surface area contributed by atoms with Crippen LogP contribution < -0.4 is 10.6 Å². The zero-order valence-corrected chi connectivity index (χ0v) is 11.7. The van der Waals surface area contributed by atoms with E-state index in [9.17, 15) is 14.0 Å². The quantitative estimate of drug-likeness (QED) is 0.748. The average Bonchev–Trinajstić information content (AvgIpc) is 2.66. The zero-order chi connectivity index (χ0) is 15.2. The van der Waals surface area contributed by atoms with Gasteiger partial charge in [-0.2, -0.15) is 0 Å². The molecule has 1 aromatic carbocycles. The fourth-order valence-corrected chi connectivity index (χ4v) is 2.54. The van der Waals surface area contributed by atoms with Gasteiger partial charge in [-0.05, 0) is 31.0 Å². The SMILES string of the molecule is O=C(Nc1ccc(C(=O)O)c(F)c1)NC1CCCCCC1. The van der Waals surface area contributed by atoms with Crippen LogP contribution in [0.1, 0.15) is 48.9 Å². The molecule has 114 valence electrons. The van der Waals surface area contributed by atoms with Crippen molar-refractivity contribution in [1.29, 1.82) is 0 Å². The van der Waals surface area contributed by atoms with Gasteiger partial charge in [-0.1, -0.05) is 25.7 Å². The van der Waals surface area contributed by atoms with Crippen LogP contribution in [-0.2, 0) is 0 Å². The van der Waals surface area contributed by atoms with Crippen LogP contribution in [0.25, 0.3) is 0 Å². The molecular weight excluding hydrogens is 275 g/mol. The molecule has 1 aliphatic rings. The van der Waals surface area contributed by atoms with Crippen LogP contribution in [0.4, 0.5) is 14.9 Å². The highest BCUT2D eigenvalue weighted by molar-refractivity contribution is 5.91. The number of nitrogens with one attached hydrogen (secondary N) is 2. The van der Waals surface area contributed by atoms with Crippen molar-refractivity contribution in [2.45, 2.75) is 44.6 Å². The highest BCUT2D eigenvalue weighted by atomic mass is 19.1. The third-order valence-corrected chi connectivity index (χ3v) is 3.65. The molecule has 1 aliphatic carbocycles. The van der Waals surface area contributed by atoms with E-state index < -0.39 is 17.3 Å². The minimum atomic E-state index is -1.33. The Labute approximate surface area is 122 Å². The summed E-state index contributed by atoms with van der Waals surface area (Å²) in [5, 5.41) is 14.2. The molecule has 21 heavy (non-hydrogen) atoms. The summed E-state index contributed by atoms with van der Waals surface area (Å²) >= 11 is 0. The summed E-state index contributed by atoms with van der Waals surface area (Å²) < 4.78 is 13.5. The summed E-state index contributed by atoms with van der Waals surface area (Å²) in [4.78, 5) is 22.6. The number of carbonyl (C=O) groups excluding carboxylic acids is 1. The minimum Gasteiger partial charge on any atom is -0.478 e. The second-order valence-electron chi connectivity index (χ2n) is 5.29. The Hall–Kier alpha value is -2.11. The lowest BCUT2D eigenvalue weighted by Crippen LogP contribution is -2.37. The molecule has 0 aromatic heterocycles. The van der Waals surface area contributed by atoms with E-state index in [1.54, 1.807) is 0 Å². The molecule has 0 saturated heterocycles. The number of anilines is 1. The van der Waals surface area contributed by atoms with Crippen molar-refractivity contribution in [3.63, 3.8) is 0 Å². The van der Waals surface area contributed by atoms with Crippen LogP contribution in [0, 0.1) is 5.82 Å². The van der Waals surface area contributed by atoms with Gasteiger partial charge in [0.25, 0.3) is 0 Å². The van der Waals surface area contributed by atoms with Crippen molar-refractivity contribution in [1.82, 2.24) is 5.32 Å². The Kier molecular flexibility index (Phi) is 5.14. The van der Waals surface area contributed by atoms with Gasteiger partial charge in [0, 0.05) is 11.7 Å². The van der Waals surface area contributed by atoms with Crippen LogP contribution in [0.2, 0.25) is 0 Å². The molecule has 0 bridgehead atoms. The number of hydrogen-bond donors (Lipinski definition) is 3. The lowest BCUT2D eigenvalue weighted by atomic mass is 10.1. The van der Waals surface area contributed by atoms with Gasteiger partial charge in [-0.3, -0.25) is 0 Å². The van der Waals surface area contributed by atoms with Crippen LogP contribution in [0.15, 0.2) is 18.2 Å². The summed E-state index contributed by atoms with van der Waals surface area (Å²) in [6.07, 6.45) is 6.52. The van der Waals surface area contributed by atoms with Crippen molar-refractivity contribution < 1.29 is 19.1 Å². The Morgan fingerprint density at radius 3 is 2.38 bits per heavy atom. The number of carboxylic acid groups (broad SMARTS) is 1. The first-order chi connectivity index (χ1) is 10.1. The van der Waals surface area contributed by atoms with E-state index in [2.05, 4.69) is 10.6 Å². The van der Waals surface area contributed by atoms with Crippen LogP contribution in [0.3, 0.4) is 0 Å². The van der Waals surface area contributed by atoms with E-state index in [-0.39, 0.29) is 17.8 Å². The summed E-state index contributed by atoms with van der Waals surface area (Å²) in [6.45, 7) is 0. The van der Waals surface area contributed by atoms with E-state index in [4.69, 9.17) is 5.11 Å². The summed E-state index contributed by atoms with van der Waals surface area (Å²) in [6, 6.07) is 3.29. The van der Waals surface area contributed by atoms with Crippen molar-refractivity contribution in [2.24, 2.45) is 0 Å². The minimum absolute atomic E-state index is 0.149. The molecule has 0 atom stereocenters. The first kappa shape index (κ1) is 15.3. The maximum absolute atomic E-state index is 13.5. The van der Waals surface area contributed by atoms with Gasteiger partial charge >= 0.3 is 12.0 Å². The molecule has 0 spiro atoms. The molecule has 0 aliphatic heterocycles. The van der Waals surface area contributed by atoms with Gasteiger partial charge < -0.3 is 15.7 Å². The number of benzene rings is 1. The molecule has 0 unspecified atom stereocenters. The Morgan fingerprint density at radius 1 is 1.14 bits per heavy atom. The average molecular weight is 294 g/mol. The third-order valence-electron chi connectivity index (χ3n) is 3.65. The van der Waals surface area contributed by atoms with Gasteiger partial charge in [0.05, 0.1) is 5.56 Å². The molecule has 6 heteroatoms. The topological polar surface area (TPSA) is 78.4 Å². The second kappa shape index (κ2) is 7.06. The molecule has 3 N–H and O–H groups in total. The van der Waals surface area contributed by atoms with Gasteiger partial charge in [-0.25, -0.2) is 14.0 Å². The normalized spacial score (nSPS) is 16.0. The number of amides is 2. The van der Waals surface area contributed by atoms with Gasteiger partial charge in [-0.15, -0.1) is 0 Å². The van der Waals surface area contributed by atoms with Gasteiger partial charge in [0.2, 0.25) is 0 Å². The predicted molar refractivity (Wildman–Crippen MR) is 77.0 cm³/mol. The molecule has 1 fully saturated rings. The molecule has 1 aromatic rings. The fourth-order valence-electron chi connectivity index (χ4n) is 2.54. The van der Waals surface area contributed by atoms with Crippen molar-refractivity contribution in [2.75, 3.05) is 5.32 Å². The fraction of sp³-hybridized carbons (Fsp3) is 0.467. The zero-order valence-electron chi connectivity index (χ0n) is 11.7. The highest BCUT2D eigenvalue weighted by Crippen LogP contribution is 2.18. The number of rotatable bonds is 3. The highest BCUT2D eigenvalue weighted by Gasteiger charge is 2.15. The molecule has 5 nitrogen and oxygen atoms in total. The molecule has 0 radical (unpaired) electrons. The summed E-state index contributed by atoms with van der Waals surface area (Å²) in [5.41, 5.74) is -0.173. The number of hydrogen-bond acceptors (Lipinski definition) is 2. The number of halogens is 1. The molecule has 0 heterocycles. The van der Waals surface area contributed by atoms with Crippen LogP contribution in [-0.4, -0.2) is 23.1 Å². The number of urea groups is 1. The number of aromatic carboxylic acids is 1. The summed E-state index contributed by atoms with van der Waals surface area (Å²) in [7, 11) is 0. The molecule has 2 amide bonds. The van der Waals surface area contributed by atoms with Crippen molar-refractivity contribution >= 4 is 17.7 Å². The first-order valence-corrected chi connectivity index (χ1v) is 7.16. The van der Waals surface area contributed by atoms with Gasteiger partial charge in [0.1, 0.15) is 5.82 Å². The van der Waals surface area contributed by atoms with E-state index in [1.165, 1.54) is 18.9 Å². The largest absolute Gasteiger partial charge is 0.478 e. The Morgan fingerprint density at radius 2 is 1.81 bits per heavy atom. The lowest BCUT2D eigenvalue weighted by molar-refractivity contribution is 0.0692. The lowest BCUT2D eigenvalue weighted by Gasteiger charge is -2.16. The molecule has 1 saturated carbocycles. The molecule has 2 rings (SSSR count). The monoisotopic (exact) mass is 294 g/mol. The smallest absolute Gasteiger partial charge is 0.338 e. The Balaban J connectivity index is 1.93. The Bertz CT molecular complexity index is 526.